The number of rotatable bonds is 6. The Kier molecular flexibility index (Phi) is 6.93. The van der Waals surface area contributed by atoms with Gasteiger partial charge < -0.3 is 9.66 Å². The van der Waals surface area contributed by atoms with Gasteiger partial charge in [-0.2, -0.15) is 18.3 Å². The number of halogens is 3. The third kappa shape index (κ3) is 5.39. The summed E-state index contributed by atoms with van der Waals surface area (Å²) in [5, 5.41) is 14.9. The van der Waals surface area contributed by atoms with Gasteiger partial charge in [-0.25, -0.2) is 14.6 Å². The molecule has 0 saturated heterocycles. The van der Waals surface area contributed by atoms with Crippen molar-refractivity contribution >= 4 is 22.3 Å². The minimum absolute atomic E-state index is 0.0456. The van der Waals surface area contributed by atoms with E-state index in [0.29, 0.717) is 35.3 Å². The van der Waals surface area contributed by atoms with Crippen LogP contribution in [0.15, 0.2) is 55.0 Å². The Morgan fingerprint density at radius 1 is 1.08 bits per heavy atom. The van der Waals surface area contributed by atoms with Crippen LogP contribution in [0.4, 0.5) is 13.2 Å². The normalized spacial score (nSPS) is 19.8. The molecular formula is C26H27F3N6O2S. The highest BCUT2D eigenvalue weighted by atomic mass is 32.2. The van der Waals surface area contributed by atoms with Crippen LogP contribution in [0, 0.1) is 5.92 Å². The van der Waals surface area contributed by atoms with Crippen LogP contribution in [0.1, 0.15) is 51.0 Å². The van der Waals surface area contributed by atoms with Crippen molar-refractivity contribution in [3.8, 4) is 17.1 Å². The van der Waals surface area contributed by atoms with Crippen LogP contribution in [0.5, 0.6) is 0 Å². The van der Waals surface area contributed by atoms with E-state index < -0.39 is 34.1 Å². The molecule has 1 saturated carbocycles. The molecule has 12 heteroatoms. The lowest BCUT2D eigenvalue weighted by atomic mass is 9.76. The first-order chi connectivity index (χ1) is 17.9. The molecule has 200 valence electrons. The standard InChI is InChI=1S/C26H27F3N6O2S/c1-25(2,3)38(37)34-24(17-9-18(36)10-17)20-14-30-13-19(32-20)15-7-8-16-12-31-35(21(16)11-15)23-6-4-5-22(33-23)26(27,28)29/h4-8,11-14,17-18,24,34,36H,9-10H2,1-3H3/t17?,18?,24-,38?/m0/s1. The SMILES string of the molecule is CC(C)(C)[S+]([O-])N[C@H](c1cncc(-c2ccc3cnn(-c4cccc(C(F)(F)F)n4)c3c2)n1)C1CC(O)C1. The van der Waals surface area contributed by atoms with Crippen molar-refractivity contribution in [3.05, 3.63) is 66.4 Å². The van der Waals surface area contributed by atoms with Crippen molar-refractivity contribution in [2.75, 3.05) is 0 Å². The number of aromatic nitrogens is 5. The van der Waals surface area contributed by atoms with Crippen molar-refractivity contribution in [3.63, 3.8) is 0 Å². The zero-order valence-electron chi connectivity index (χ0n) is 21.0. The van der Waals surface area contributed by atoms with Crippen molar-refractivity contribution in [1.82, 2.24) is 29.5 Å². The molecule has 8 nitrogen and oxygen atoms in total. The first-order valence-corrected chi connectivity index (χ1v) is 13.3. The molecule has 0 amide bonds. The number of benzene rings is 1. The molecule has 0 aliphatic heterocycles. The van der Waals surface area contributed by atoms with E-state index in [1.807, 2.05) is 32.9 Å². The van der Waals surface area contributed by atoms with Gasteiger partial charge in [0.05, 0.1) is 47.6 Å². The lowest BCUT2D eigenvalue weighted by molar-refractivity contribution is -0.141. The Labute approximate surface area is 220 Å². The fourth-order valence-electron chi connectivity index (χ4n) is 4.32. The molecule has 0 bridgehead atoms. The van der Waals surface area contributed by atoms with E-state index in [4.69, 9.17) is 4.98 Å². The van der Waals surface area contributed by atoms with Gasteiger partial charge in [0.2, 0.25) is 0 Å². The van der Waals surface area contributed by atoms with Gasteiger partial charge in [0.15, 0.2) is 5.82 Å². The predicted octanol–water partition coefficient (Wildman–Crippen LogP) is 4.76. The number of pyridine rings is 1. The van der Waals surface area contributed by atoms with E-state index in [1.54, 1.807) is 24.7 Å². The molecule has 2 atom stereocenters. The molecule has 0 radical (unpaired) electrons. The minimum Gasteiger partial charge on any atom is -0.598 e. The maximum absolute atomic E-state index is 13.2. The zero-order valence-corrected chi connectivity index (χ0v) is 21.8. The van der Waals surface area contributed by atoms with E-state index in [-0.39, 0.29) is 17.8 Å². The van der Waals surface area contributed by atoms with Crippen LogP contribution in [-0.2, 0) is 17.5 Å². The third-order valence-electron chi connectivity index (χ3n) is 6.49. The minimum atomic E-state index is -4.57. The summed E-state index contributed by atoms with van der Waals surface area (Å²) < 4.78 is 56.6. The van der Waals surface area contributed by atoms with Crippen LogP contribution in [0.25, 0.3) is 28.0 Å². The summed E-state index contributed by atoms with van der Waals surface area (Å²) in [6, 6.07) is 8.74. The molecule has 1 aromatic carbocycles. The van der Waals surface area contributed by atoms with E-state index in [1.165, 1.54) is 16.8 Å². The van der Waals surface area contributed by atoms with E-state index >= 15 is 0 Å². The monoisotopic (exact) mass is 544 g/mol. The Morgan fingerprint density at radius 3 is 2.53 bits per heavy atom. The van der Waals surface area contributed by atoms with Crippen molar-refractivity contribution < 1.29 is 22.8 Å². The van der Waals surface area contributed by atoms with Gasteiger partial charge in [-0.05, 0) is 57.7 Å². The topological polar surface area (TPSA) is 112 Å². The highest BCUT2D eigenvalue weighted by molar-refractivity contribution is 7.90. The molecule has 5 rings (SSSR count). The highest BCUT2D eigenvalue weighted by Crippen LogP contribution is 2.39. The van der Waals surface area contributed by atoms with Gasteiger partial charge in [0.1, 0.15) is 10.4 Å². The second-order valence-electron chi connectivity index (χ2n) is 10.4. The summed E-state index contributed by atoms with van der Waals surface area (Å²) in [5.74, 6) is 0.0982. The maximum Gasteiger partial charge on any atom is 0.433 e. The Bertz CT molecular complexity index is 1450. The van der Waals surface area contributed by atoms with Gasteiger partial charge in [-0.1, -0.05) is 18.2 Å². The molecular weight excluding hydrogens is 517 g/mol. The summed E-state index contributed by atoms with van der Waals surface area (Å²) in [6.45, 7) is 5.63. The average Bonchev–Trinajstić information content (AvgIpc) is 3.28. The van der Waals surface area contributed by atoms with Crippen LogP contribution >= 0.6 is 0 Å². The molecule has 4 aromatic rings. The largest absolute Gasteiger partial charge is 0.598 e. The number of aliphatic hydroxyl groups excluding tert-OH is 1. The third-order valence-corrected chi connectivity index (χ3v) is 8.07. The lowest BCUT2D eigenvalue weighted by Crippen LogP contribution is -2.47. The fourth-order valence-corrected chi connectivity index (χ4v) is 5.22. The van der Waals surface area contributed by atoms with E-state index in [2.05, 4.69) is 19.8 Å². The zero-order chi connectivity index (χ0) is 27.2. The first kappa shape index (κ1) is 26.5. The molecule has 0 spiro atoms. The first-order valence-electron chi connectivity index (χ1n) is 12.1. The summed E-state index contributed by atoms with van der Waals surface area (Å²) in [7, 11) is 0. The summed E-state index contributed by atoms with van der Waals surface area (Å²) >= 11 is -1.36. The van der Waals surface area contributed by atoms with Crippen molar-refractivity contribution in [2.45, 2.75) is 56.7 Å². The number of fused-ring (bicyclic) bond motifs is 1. The molecule has 1 unspecified atom stereocenters. The number of hydrogen-bond donors (Lipinski definition) is 2. The number of hydrogen-bond acceptors (Lipinski definition) is 7. The summed E-state index contributed by atoms with van der Waals surface area (Å²) in [6.07, 6.45) is 0.961. The molecule has 3 heterocycles. The Morgan fingerprint density at radius 2 is 1.84 bits per heavy atom. The number of nitrogens with one attached hydrogen (secondary N) is 1. The van der Waals surface area contributed by atoms with Crippen molar-refractivity contribution in [2.24, 2.45) is 5.92 Å². The maximum atomic E-state index is 13.2. The molecule has 1 aliphatic rings. The van der Waals surface area contributed by atoms with Crippen LogP contribution in [0.2, 0.25) is 0 Å². The van der Waals surface area contributed by atoms with Gasteiger partial charge >= 0.3 is 6.18 Å². The number of aliphatic hydroxyl groups is 1. The van der Waals surface area contributed by atoms with E-state index in [9.17, 15) is 22.8 Å². The summed E-state index contributed by atoms with van der Waals surface area (Å²) in [5.41, 5.74) is 1.39. The molecule has 38 heavy (non-hydrogen) atoms. The second kappa shape index (κ2) is 9.92. The van der Waals surface area contributed by atoms with Gasteiger partial charge in [-0.3, -0.25) is 4.98 Å². The van der Waals surface area contributed by atoms with Crippen LogP contribution < -0.4 is 4.72 Å². The lowest BCUT2D eigenvalue weighted by Gasteiger charge is -2.38. The predicted molar refractivity (Wildman–Crippen MR) is 137 cm³/mol. The van der Waals surface area contributed by atoms with Gasteiger partial charge in [0, 0.05) is 22.3 Å². The van der Waals surface area contributed by atoms with Crippen LogP contribution in [-0.4, -0.2) is 45.2 Å². The molecule has 2 N–H and O–H groups in total. The highest BCUT2D eigenvalue weighted by Gasteiger charge is 2.40. The molecule has 1 fully saturated rings. The van der Waals surface area contributed by atoms with Gasteiger partial charge in [0.25, 0.3) is 0 Å². The van der Waals surface area contributed by atoms with Gasteiger partial charge in [-0.15, -0.1) is 4.72 Å². The summed E-state index contributed by atoms with van der Waals surface area (Å²) in [4.78, 5) is 12.9. The quantitative estimate of drug-likeness (QED) is 0.337. The Hall–Kier alpha value is -3.06. The fraction of sp³-hybridized carbons (Fsp3) is 0.385. The van der Waals surface area contributed by atoms with Crippen LogP contribution in [0.3, 0.4) is 0 Å². The molecule has 3 aromatic heterocycles. The smallest absolute Gasteiger partial charge is 0.433 e. The number of nitrogens with zero attached hydrogens (tertiary/aromatic N) is 5. The van der Waals surface area contributed by atoms with Crippen molar-refractivity contribution in [1.29, 1.82) is 0 Å². The molecule has 1 aliphatic carbocycles. The average molecular weight is 545 g/mol. The Balaban J connectivity index is 1.51. The number of alkyl halides is 3. The van der Waals surface area contributed by atoms with E-state index in [0.717, 1.165) is 11.5 Å². The second-order valence-corrected chi connectivity index (χ2v) is 12.4.